The molecule has 3 aromatic rings. The van der Waals surface area contributed by atoms with Gasteiger partial charge in [0.25, 0.3) is 11.8 Å². The molecule has 7 nitrogen and oxygen atoms in total. The lowest BCUT2D eigenvalue weighted by molar-refractivity contribution is -0.137. The van der Waals surface area contributed by atoms with Gasteiger partial charge in [-0.3, -0.25) is 4.79 Å². The highest BCUT2D eigenvalue weighted by molar-refractivity contribution is 5.98. The van der Waals surface area contributed by atoms with Crippen LogP contribution >= 0.6 is 0 Å². The average Bonchev–Trinajstić information content (AvgIpc) is 2.82. The number of hydrogen-bond acceptors (Lipinski definition) is 6. The van der Waals surface area contributed by atoms with Gasteiger partial charge in [-0.25, -0.2) is 28.7 Å². The van der Waals surface area contributed by atoms with Gasteiger partial charge in [0, 0.05) is 37.3 Å². The van der Waals surface area contributed by atoms with Crippen molar-refractivity contribution in [3.63, 3.8) is 0 Å². The molecule has 1 amide bonds. The Labute approximate surface area is 203 Å². The summed E-state index contributed by atoms with van der Waals surface area (Å²) >= 11 is 0. The highest BCUT2D eigenvalue weighted by Crippen LogP contribution is 2.36. The van der Waals surface area contributed by atoms with Crippen LogP contribution < -0.4 is 5.32 Å². The first kappa shape index (κ1) is 25.4. The van der Waals surface area contributed by atoms with E-state index in [4.69, 9.17) is 0 Å². The highest BCUT2D eigenvalue weighted by atomic mass is 19.4. The van der Waals surface area contributed by atoms with Crippen LogP contribution in [0.25, 0.3) is 11.4 Å². The van der Waals surface area contributed by atoms with Crippen molar-refractivity contribution in [2.24, 2.45) is 5.92 Å². The number of carbonyl (C=O) groups excluding carboxylic acids is 1. The molecule has 1 N–H and O–H groups in total. The van der Waals surface area contributed by atoms with Gasteiger partial charge in [-0.05, 0) is 43.2 Å². The number of amides is 1. The summed E-state index contributed by atoms with van der Waals surface area (Å²) in [5.74, 6) is -4.09. The molecular weight excluding hydrogens is 483 g/mol. The number of likely N-dealkylation sites (tertiary alicyclic amines) is 1. The lowest BCUT2D eigenvalue weighted by atomic mass is 9.88. The Kier molecular flexibility index (Phi) is 6.87. The van der Waals surface area contributed by atoms with Crippen LogP contribution in [0, 0.1) is 12.8 Å². The van der Waals surface area contributed by atoms with Crippen LogP contribution in [0.2, 0.25) is 0 Å². The van der Waals surface area contributed by atoms with Gasteiger partial charge in [-0.1, -0.05) is 6.92 Å². The number of pyridine rings is 2. The summed E-state index contributed by atoms with van der Waals surface area (Å²) < 4.78 is 67.6. The molecule has 2 atom stereocenters. The summed E-state index contributed by atoms with van der Waals surface area (Å²) in [5, 5.41) is 2.88. The van der Waals surface area contributed by atoms with E-state index in [1.807, 2.05) is 0 Å². The smallest absolute Gasteiger partial charge is 0.368 e. The van der Waals surface area contributed by atoms with Gasteiger partial charge in [-0.2, -0.15) is 13.2 Å². The molecule has 1 aliphatic rings. The Morgan fingerprint density at radius 1 is 1.14 bits per heavy atom. The molecule has 1 fully saturated rings. The quantitative estimate of drug-likeness (QED) is 0.498. The fraction of sp³-hybridized carbons (Fsp3) is 0.375. The number of alkyl halides is 5. The van der Waals surface area contributed by atoms with E-state index in [0.717, 1.165) is 17.0 Å². The number of piperidine rings is 1. The Morgan fingerprint density at radius 2 is 1.86 bits per heavy atom. The van der Waals surface area contributed by atoms with Gasteiger partial charge < -0.3 is 10.2 Å². The first-order chi connectivity index (χ1) is 16.9. The van der Waals surface area contributed by atoms with Crippen molar-refractivity contribution in [3.8, 4) is 11.4 Å². The third kappa shape index (κ3) is 5.58. The molecule has 4 rings (SSSR count). The molecule has 1 aliphatic heterocycles. The van der Waals surface area contributed by atoms with Crippen LogP contribution in [0.3, 0.4) is 0 Å². The van der Waals surface area contributed by atoms with E-state index in [1.54, 1.807) is 32.0 Å². The summed E-state index contributed by atoms with van der Waals surface area (Å²) in [6.45, 7) is 2.46. The van der Waals surface area contributed by atoms with Crippen LogP contribution in [0.5, 0.6) is 0 Å². The fourth-order valence-electron chi connectivity index (χ4n) is 4.23. The number of aromatic nitrogens is 4. The number of carbonyl (C=O) groups is 1. The molecule has 0 spiro atoms. The second kappa shape index (κ2) is 9.75. The first-order valence-corrected chi connectivity index (χ1v) is 11.2. The second-order valence-electron chi connectivity index (χ2n) is 8.77. The van der Waals surface area contributed by atoms with Gasteiger partial charge >= 0.3 is 6.18 Å². The second-order valence-corrected chi connectivity index (χ2v) is 8.77. The van der Waals surface area contributed by atoms with E-state index in [0.29, 0.717) is 17.5 Å². The van der Waals surface area contributed by atoms with Gasteiger partial charge in [0.15, 0.2) is 5.82 Å². The van der Waals surface area contributed by atoms with E-state index in [9.17, 15) is 26.7 Å². The van der Waals surface area contributed by atoms with E-state index in [-0.39, 0.29) is 23.9 Å². The summed E-state index contributed by atoms with van der Waals surface area (Å²) in [7, 11) is 0. The zero-order chi connectivity index (χ0) is 26.1. The third-order valence-electron chi connectivity index (χ3n) is 5.97. The summed E-state index contributed by atoms with van der Waals surface area (Å²) in [5.41, 5.74) is -0.136. The average molecular weight is 506 g/mol. The highest BCUT2D eigenvalue weighted by Gasteiger charge is 2.46. The van der Waals surface area contributed by atoms with E-state index in [1.165, 1.54) is 12.4 Å². The molecule has 0 radical (unpaired) electrons. The minimum Gasteiger partial charge on any atom is -0.368 e. The molecule has 190 valence electrons. The van der Waals surface area contributed by atoms with Crippen LogP contribution in [-0.4, -0.2) is 55.8 Å². The van der Waals surface area contributed by atoms with Crippen molar-refractivity contribution in [1.29, 1.82) is 0 Å². The predicted molar refractivity (Wildman–Crippen MR) is 121 cm³/mol. The standard InChI is InChI=1S/C24H23F5N6O/c1-14-10-23(25,26)13-35(18(14)12-33-19-7-5-16(11-32-19)24(27,28)29)22(36)20-17(6-4-15(2)34-20)21-30-8-3-9-31-21/h3-9,11,14,18H,10,12-13H2,1-2H3,(H,32,33)/t14-,18-/m1/s1. The molecule has 4 heterocycles. The number of anilines is 1. The lowest BCUT2D eigenvalue weighted by Gasteiger charge is -2.43. The number of halogens is 5. The first-order valence-electron chi connectivity index (χ1n) is 11.2. The van der Waals surface area contributed by atoms with Crippen molar-refractivity contribution in [2.75, 3.05) is 18.4 Å². The van der Waals surface area contributed by atoms with Crippen molar-refractivity contribution in [3.05, 3.63) is 65.9 Å². The van der Waals surface area contributed by atoms with E-state index < -0.39 is 48.5 Å². The summed E-state index contributed by atoms with van der Waals surface area (Å²) in [6.07, 6.45) is -1.29. The Bertz CT molecular complexity index is 1220. The normalized spacial score (nSPS) is 19.7. The van der Waals surface area contributed by atoms with E-state index >= 15 is 0 Å². The largest absolute Gasteiger partial charge is 0.417 e. The molecule has 0 saturated carbocycles. The minimum atomic E-state index is -4.53. The lowest BCUT2D eigenvalue weighted by Crippen LogP contribution is -2.57. The maximum Gasteiger partial charge on any atom is 0.417 e. The van der Waals surface area contributed by atoms with Crippen molar-refractivity contribution < 1.29 is 26.7 Å². The Balaban J connectivity index is 1.63. The Morgan fingerprint density at radius 3 is 2.50 bits per heavy atom. The number of rotatable bonds is 5. The summed E-state index contributed by atoms with van der Waals surface area (Å²) in [4.78, 5) is 31.1. The number of aryl methyl sites for hydroxylation is 1. The molecule has 36 heavy (non-hydrogen) atoms. The minimum absolute atomic E-state index is 0.00430. The van der Waals surface area contributed by atoms with Crippen molar-refractivity contribution >= 4 is 11.7 Å². The Hall–Kier alpha value is -3.70. The molecule has 12 heteroatoms. The van der Waals surface area contributed by atoms with Gasteiger partial charge in [-0.15, -0.1) is 0 Å². The van der Waals surface area contributed by atoms with E-state index in [2.05, 4.69) is 25.3 Å². The van der Waals surface area contributed by atoms with Crippen LogP contribution in [0.4, 0.5) is 27.8 Å². The SMILES string of the molecule is Cc1ccc(-c2ncccn2)c(C(=O)N2CC(F)(F)C[C@@H](C)[C@H]2CNc2ccc(C(F)(F)F)cn2)n1. The zero-order valence-electron chi connectivity index (χ0n) is 19.4. The molecule has 3 aromatic heterocycles. The molecule has 0 aromatic carbocycles. The molecule has 1 saturated heterocycles. The van der Waals surface area contributed by atoms with Gasteiger partial charge in [0.1, 0.15) is 11.5 Å². The maximum absolute atomic E-state index is 14.6. The monoisotopic (exact) mass is 506 g/mol. The van der Waals surface area contributed by atoms with Crippen LogP contribution in [0.1, 0.15) is 35.1 Å². The van der Waals surface area contributed by atoms with Gasteiger partial charge in [0.05, 0.1) is 23.7 Å². The number of nitrogens with one attached hydrogen (secondary N) is 1. The molecule has 0 bridgehead atoms. The topological polar surface area (TPSA) is 83.9 Å². The van der Waals surface area contributed by atoms with Crippen LogP contribution in [0.15, 0.2) is 48.9 Å². The van der Waals surface area contributed by atoms with Crippen molar-refractivity contribution in [2.45, 2.75) is 38.4 Å². The fourth-order valence-corrected chi connectivity index (χ4v) is 4.23. The number of hydrogen-bond donors (Lipinski definition) is 1. The zero-order valence-corrected chi connectivity index (χ0v) is 19.4. The van der Waals surface area contributed by atoms with Crippen molar-refractivity contribution in [1.82, 2.24) is 24.8 Å². The molecular formula is C24H23F5N6O. The maximum atomic E-state index is 14.6. The third-order valence-corrected chi connectivity index (χ3v) is 5.97. The van der Waals surface area contributed by atoms with Crippen LogP contribution in [-0.2, 0) is 6.18 Å². The van der Waals surface area contributed by atoms with Gasteiger partial charge in [0.2, 0.25) is 0 Å². The summed E-state index contributed by atoms with van der Waals surface area (Å²) in [6, 6.07) is 6.23. The molecule has 0 aliphatic carbocycles. The number of nitrogens with zero attached hydrogens (tertiary/aromatic N) is 5. The predicted octanol–water partition coefficient (Wildman–Crippen LogP) is 4.86. The molecule has 0 unspecified atom stereocenters.